The van der Waals surface area contributed by atoms with E-state index in [0.717, 1.165) is 5.56 Å². The molecule has 0 aromatic heterocycles. The summed E-state index contributed by atoms with van der Waals surface area (Å²) in [5.41, 5.74) is 0.931. The van der Waals surface area contributed by atoms with Crippen LogP contribution in [0.25, 0.3) is 0 Å². The number of benzene rings is 1. The van der Waals surface area contributed by atoms with E-state index in [4.69, 9.17) is 9.84 Å². The molecule has 0 heterocycles. The number of hydrogen-bond donors (Lipinski definition) is 3. The Bertz CT molecular complexity index is 351. The number of rotatable bonds is 6. The zero-order chi connectivity index (χ0) is 12.8. The lowest BCUT2D eigenvalue weighted by Crippen LogP contribution is -2.21. The van der Waals surface area contributed by atoms with Gasteiger partial charge in [0.1, 0.15) is 0 Å². The molecule has 0 bridgehead atoms. The second-order valence-corrected chi connectivity index (χ2v) is 4.10. The molecule has 0 amide bonds. The molecule has 17 heavy (non-hydrogen) atoms. The number of hydrogen-bond acceptors (Lipinski definition) is 4. The Hall–Kier alpha value is -1.26. The van der Waals surface area contributed by atoms with Gasteiger partial charge in [0.05, 0.1) is 7.11 Å². The standard InChI is InChI=1S/C13H19O4/c1-9(7-14)11(8-15)5-10-3-4-12(16)13(6-10)17-2/h3-4,6,9,11,14-16H,1,5,7-8H2,2H3. The van der Waals surface area contributed by atoms with Gasteiger partial charge in [-0.2, -0.15) is 0 Å². The van der Waals surface area contributed by atoms with Crippen LogP contribution in [0, 0.1) is 18.8 Å². The van der Waals surface area contributed by atoms with Crippen LogP contribution in [-0.4, -0.2) is 35.6 Å². The van der Waals surface area contributed by atoms with Crippen molar-refractivity contribution in [1.29, 1.82) is 0 Å². The SMILES string of the molecule is [CH2]C(CO)C(CO)Cc1ccc(O)c(OC)c1. The highest BCUT2D eigenvalue weighted by Crippen LogP contribution is 2.28. The van der Waals surface area contributed by atoms with Crippen molar-refractivity contribution in [2.75, 3.05) is 20.3 Å². The molecule has 2 unspecified atom stereocenters. The monoisotopic (exact) mass is 239 g/mol. The van der Waals surface area contributed by atoms with E-state index in [1.165, 1.54) is 7.11 Å². The predicted molar refractivity (Wildman–Crippen MR) is 64.9 cm³/mol. The minimum Gasteiger partial charge on any atom is -0.504 e. The molecule has 4 nitrogen and oxygen atoms in total. The van der Waals surface area contributed by atoms with Gasteiger partial charge in [-0.3, -0.25) is 0 Å². The molecule has 0 saturated heterocycles. The van der Waals surface area contributed by atoms with Crippen molar-refractivity contribution in [2.24, 2.45) is 11.8 Å². The molecule has 0 fully saturated rings. The van der Waals surface area contributed by atoms with Crippen molar-refractivity contribution in [1.82, 2.24) is 0 Å². The zero-order valence-electron chi connectivity index (χ0n) is 9.97. The summed E-state index contributed by atoms with van der Waals surface area (Å²) >= 11 is 0. The number of methoxy groups -OCH3 is 1. The van der Waals surface area contributed by atoms with Gasteiger partial charge >= 0.3 is 0 Å². The lowest BCUT2D eigenvalue weighted by atomic mass is 9.89. The maximum atomic E-state index is 9.45. The third kappa shape index (κ3) is 3.61. The molecule has 2 atom stereocenters. The van der Waals surface area contributed by atoms with Crippen LogP contribution in [0.4, 0.5) is 0 Å². The second kappa shape index (κ2) is 6.47. The number of phenols is 1. The highest BCUT2D eigenvalue weighted by molar-refractivity contribution is 5.41. The fourth-order valence-electron chi connectivity index (χ4n) is 1.68. The van der Waals surface area contributed by atoms with Crippen LogP contribution in [-0.2, 0) is 6.42 Å². The molecule has 0 aliphatic heterocycles. The summed E-state index contributed by atoms with van der Waals surface area (Å²) in [4.78, 5) is 0. The van der Waals surface area contributed by atoms with E-state index in [1.807, 2.05) is 0 Å². The third-order valence-corrected chi connectivity index (χ3v) is 2.88. The van der Waals surface area contributed by atoms with Crippen LogP contribution in [0.15, 0.2) is 18.2 Å². The van der Waals surface area contributed by atoms with Gasteiger partial charge in [-0.15, -0.1) is 0 Å². The molecule has 4 heteroatoms. The maximum absolute atomic E-state index is 9.45. The lowest BCUT2D eigenvalue weighted by Gasteiger charge is -2.20. The van der Waals surface area contributed by atoms with Crippen LogP contribution >= 0.6 is 0 Å². The molecule has 0 spiro atoms. The van der Waals surface area contributed by atoms with Crippen LogP contribution in [0.1, 0.15) is 5.56 Å². The van der Waals surface area contributed by atoms with Gasteiger partial charge in [0.2, 0.25) is 0 Å². The van der Waals surface area contributed by atoms with Crippen molar-refractivity contribution in [3.05, 3.63) is 30.7 Å². The molecule has 1 rings (SSSR count). The fraction of sp³-hybridized carbons (Fsp3) is 0.462. The summed E-state index contributed by atoms with van der Waals surface area (Å²) < 4.78 is 5.01. The molecule has 95 valence electrons. The molecule has 0 aliphatic rings. The average molecular weight is 239 g/mol. The maximum Gasteiger partial charge on any atom is 0.160 e. The van der Waals surface area contributed by atoms with Gasteiger partial charge in [-0.25, -0.2) is 0 Å². The van der Waals surface area contributed by atoms with E-state index in [0.29, 0.717) is 12.2 Å². The van der Waals surface area contributed by atoms with Crippen LogP contribution < -0.4 is 4.74 Å². The van der Waals surface area contributed by atoms with Gasteiger partial charge in [0, 0.05) is 13.2 Å². The summed E-state index contributed by atoms with van der Waals surface area (Å²) in [5, 5.41) is 27.7. The lowest BCUT2D eigenvalue weighted by molar-refractivity contribution is 0.143. The molecule has 1 aromatic rings. The third-order valence-electron chi connectivity index (χ3n) is 2.88. The van der Waals surface area contributed by atoms with E-state index in [1.54, 1.807) is 18.2 Å². The zero-order valence-corrected chi connectivity index (χ0v) is 9.97. The number of aliphatic hydroxyl groups is 2. The van der Waals surface area contributed by atoms with Gasteiger partial charge in [0.25, 0.3) is 0 Å². The van der Waals surface area contributed by atoms with Gasteiger partial charge in [0.15, 0.2) is 11.5 Å². The van der Waals surface area contributed by atoms with E-state index in [2.05, 4.69) is 6.92 Å². The Kier molecular flexibility index (Phi) is 5.25. The first-order valence-electron chi connectivity index (χ1n) is 5.53. The summed E-state index contributed by atoms with van der Waals surface area (Å²) in [7, 11) is 1.49. The summed E-state index contributed by atoms with van der Waals surface area (Å²) in [6.07, 6.45) is 0.585. The highest BCUT2D eigenvalue weighted by atomic mass is 16.5. The van der Waals surface area contributed by atoms with E-state index >= 15 is 0 Å². The van der Waals surface area contributed by atoms with Gasteiger partial charge in [-0.05, 0) is 42.9 Å². The Morgan fingerprint density at radius 3 is 2.53 bits per heavy atom. The summed E-state index contributed by atoms with van der Waals surface area (Å²) in [6, 6.07) is 5.05. The largest absolute Gasteiger partial charge is 0.504 e. The van der Waals surface area contributed by atoms with Crippen molar-refractivity contribution in [2.45, 2.75) is 6.42 Å². The van der Waals surface area contributed by atoms with E-state index in [-0.39, 0.29) is 30.8 Å². The van der Waals surface area contributed by atoms with Gasteiger partial charge in [-0.1, -0.05) is 6.07 Å². The quantitative estimate of drug-likeness (QED) is 0.692. The highest BCUT2D eigenvalue weighted by Gasteiger charge is 2.17. The minimum atomic E-state index is -0.209. The number of ether oxygens (including phenoxy) is 1. The fourth-order valence-corrected chi connectivity index (χ4v) is 1.68. The molecule has 0 aliphatic carbocycles. The Morgan fingerprint density at radius 2 is 2.00 bits per heavy atom. The summed E-state index contributed by atoms with van der Waals surface area (Å²) in [5.74, 6) is 0.183. The Balaban J connectivity index is 2.79. The summed E-state index contributed by atoms with van der Waals surface area (Å²) in [6.45, 7) is 3.71. The molecular formula is C13H19O4. The van der Waals surface area contributed by atoms with E-state index in [9.17, 15) is 10.2 Å². The van der Waals surface area contributed by atoms with Crippen LogP contribution in [0.5, 0.6) is 11.5 Å². The van der Waals surface area contributed by atoms with Crippen LogP contribution in [0.3, 0.4) is 0 Å². The molecule has 0 saturated carbocycles. The van der Waals surface area contributed by atoms with E-state index < -0.39 is 0 Å². The number of aromatic hydroxyl groups is 1. The average Bonchev–Trinajstić information content (AvgIpc) is 2.36. The predicted octanol–water partition coefficient (Wildman–Crippen LogP) is 0.994. The van der Waals surface area contributed by atoms with Crippen molar-refractivity contribution >= 4 is 0 Å². The minimum absolute atomic E-state index is 0.0298. The first kappa shape index (κ1) is 13.8. The van der Waals surface area contributed by atoms with Crippen LogP contribution in [0.2, 0.25) is 0 Å². The Morgan fingerprint density at radius 1 is 1.29 bits per heavy atom. The molecular weight excluding hydrogens is 220 g/mol. The second-order valence-electron chi connectivity index (χ2n) is 4.10. The normalized spacial score (nSPS) is 14.4. The van der Waals surface area contributed by atoms with Crippen molar-refractivity contribution in [3.63, 3.8) is 0 Å². The molecule has 3 N–H and O–H groups in total. The van der Waals surface area contributed by atoms with Crippen molar-refractivity contribution < 1.29 is 20.1 Å². The first-order chi connectivity index (χ1) is 8.12. The smallest absolute Gasteiger partial charge is 0.160 e. The van der Waals surface area contributed by atoms with Gasteiger partial charge < -0.3 is 20.1 Å². The van der Waals surface area contributed by atoms with Crippen molar-refractivity contribution in [3.8, 4) is 11.5 Å². The Labute approximate surface area is 101 Å². The number of aliphatic hydroxyl groups excluding tert-OH is 2. The first-order valence-corrected chi connectivity index (χ1v) is 5.53. The number of phenolic OH excluding ortho intramolecular Hbond substituents is 1. The molecule has 1 radical (unpaired) electrons. The topological polar surface area (TPSA) is 69.9 Å². The molecule has 1 aromatic carbocycles.